The number of thioether (sulfide) groups is 1. The van der Waals surface area contributed by atoms with E-state index in [0.29, 0.717) is 17.9 Å². The minimum atomic E-state index is -0.0362. The Morgan fingerprint density at radius 1 is 1.11 bits per heavy atom. The quantitative estimate of drug-likeness (QED) is 0.809. The first-order chi connectivity index (χ1) is 13.2. The highest BCUT2D eigenvalue weighted by Crippen LogP contribution is 2.33. The predicted octanol–water partition coefficient (Wildman–Crippen LogP) is 4.19. The van der Waals surface area contributed by atoms with Gasteiger partial charge in [0.1, 0.15) is 0 Å². The molecule has 0 aliphatic carbocycles. The molecule has 2 aromatic rings. The fourth-order valence-electron chi connectivity index (χ4n) is 3.22. The van der Waals surface area contributed by atoms with E-state index in [1.54, 1.807) is 0 Å². The molecule has 1 N–H and O–H groups in total. The van der Waals surface area contributed by atoms with E-state index < -0.39 is 0 Å². The third-order valence-corrected chi connectivity index (χ3v) is 5.91. The van der Waals surface area contributed by atoms with Crippen molar-refractivity contribution < 1.29 is 14.3 Å². The van der Waals surface area contributed by atoms with E-state index in [1.807, 2.05) is 48.2 Å². The summed E-state index contributed by atoms with van der Waals surface area (Å²) in [4.78, 5) is 14.6. The topological polar surface area (TPSA) is 50.8 Å². The van der Waals surface area contributed by atoms with Gasteiger partial charge in [0.05, 0.1) is 10.7 Å². The molecule has 2 aliphatic heterocycles. The number of halogens is 1. The van der Waals surface area contributed by atoms with Crippen molar-refractivity contribution in [3.8, 4) is 11.5 Å². The van der Waals surface area contributed by atoms with Crippen LogP contribution in [0.5, 0.6) is 11.5 Å². The molecule has 0 radical (unpaired) electrons. The number of nitrogens with one attached hydrogen (secondary N) is 1. The number of anilines is 2. The standard InChI is InChI=1S/C20H21ClN2O3S/c21-16-12-15(3-4-17(16)23-7-9-27-10-8-23)22-20(24)6-2-14-1-5-18-19(11-14)26-13-25-18/h1,3-5,11-12H,2,6-10,13H2,(H,22,24). The summed E-state index contributed by atoms with van der Waals surface area (Å²) in [5, 5.41) is 3.61. The fourth-order valence-corrected chi connectivity index (χ4v) is 4.43. The predicted molar refractivity (Wildman–Crippen MR) is 111 cm³/mol. The highest BCUT2D eigenvalue weighted by molar-refractivity contribution is 7.99. The fraction of sp³-hybridized carbons (Fsp3) is 0.350. The van der Waals surface area contributed by atoms with Crippen molar-refractivity contribution in [2.75, 3.05) is 41.6 Å². The molecule has 142 valence electrons. The lowest BCUT2D eigenvalue weighted by Crippen LogP contribution is -2.32. The molecule has 0 unspecified atom stereocenters. The molecule has 0 spiro atoms. The Hall–Kier alpha value is -2.05. The van der Waals surface area contributed by atoms with Gasteiger partial charge in [-0.3, -0.25) is 4.79 Å². The average molecular weight is 405 g/mol. The molecule has 2 aliphatic rings. The van der Waals surface area contributed by atoms with Crippen LogP contribution in [-0.2, 0) is 11.2 Å². The van der Waals surface area contributed by atoms with Gasteiger partial charge in [-0.05, 0) is 42.3 Å². The molecule has 0 bridgehead atoms. The minimum Gasteiger partial charge on any atom is -0.454 e. The number of hydrogen-bond acceptors (Lipinski definition) is 5. The third kappa shape index (κ3) is 4.45. The summed E-state index contributed by atoms with van der Waals surface area (Å²) in [5.41, 5.74) is 2.81. The molecule has 0 aromatic heterocycles. The molecular formula is C20H21ClN2O3S. The van der Waals surface area contributed by atoms with E-state index in [0.717, 1.165) is 53.0 Å². The van der Waals surface area contributed by atoms with Gasteiger partial charge >= 0.3 is 0 Å². The van der Waals surface area contributed by atoms with Crippen molar-refractivity contribution in [3.63, 3.8) is 0 Å². The van der Waals surface area contributed by atoms with Gasteiger partial charge in [0.25, 0.3) is 0 Å². The summed E-state index contributed by atoms with van der Waals surface area (Å²) < 4.78 is 10.7. The highest BCUT2D eigenvalue weighted by Gasteiger charge is 2.16. The monoisotopic (exact) mass is 404 g/mol. The summed E-state index contributed by atoms with van der Waals surface area (Å²) in [6.07, 6.45) is 1.03. The molecule has 1 amide bonds. The van der Waals surface area contributed by atoms with Gasteiger partial charge in [-0.1, -0.05) is 17.7 Å². The van der Waals surface area contributed by atoms with Crippen molar-refractivity contribution >= 4 is 40.6 Å². The van der Waals surface area contributed by atoms with Gasteiger partial charge in [-0.2, -0.15) is 11.8 Å². The van der Waals surface area contributed by atoms with Crippen LogP contribution < -0.4 is 19.7 Å². The van der Waals surface area contributed by atoms with Gasteiger partial charge in [-0.15, -0.1) is 0 Å². The van der Waals surface area contributed by atoms with E-state index in [2.05, 4.69) is 10.2 Å². The van der Waals surface area contributed by atoms with E-state index in [1.165, 1.54) is 0 Å². The molecule has 1 saturated heterocycles. The zero-order valence-electron chi connectivity index (χ0n) is 14.9. The molecule has 0 saturated carbocycles. The van der Waals surface area contributed by atoms with Crippen molar-refractivity contribution in [3.05, 3.63) is 47.0 Å². The maximum Gasteiger partial charge on any atom is 0.231 e. The Morgan fingerprint density at radius 2 is 1.93 bits per heavy atom. The smallest absolute Gasteiger partial charge is 0.231 e. The Kier molecular flexibility index (Phi) is 5.64. The van der Waals surface area contributed by atoms with Crippen LogP contribution >= 0.6 is 23.4 Å². The van der Waals surface area contributed by atoms with E-state index >= 15 is 0 Å². The summed E-state index contributed by atoms with van der Waals surface area (Å²) in [6.45, 7) is 2.27. The maximum absolute atomic E-state index is 12.3. The Balaban J connectivity index is 1.33. The first kappa shape index (κ1) is 18.3. The van der Waals surface area contributed by atoms with Gasteiger partial charge < -0.3 is 19.7 Å². The average Bonchev–Trinajstić information content (AvgIpc) is 3.15. The van der Waals surface area contributed by atoms with Crippen LogP contribution in [0.2, 0.25) is 5.02 Å². The van der Waals surface area contributed by atoms with E-state index in [4.69, 9.17) is 21.1 Å². The number of fused-ring (bicyclic) bond motifs is 1. The van der Waals surface area contributed by atoms with Crippen LogP contribution in [0.3, 0.4) is 0 Å². The Morgan fingerprint density at radius 3 is 2.74 bits per heavy atom. The molecule has 5 nitrogen and oxygen atoms in total. The number of amides is 1. The summed E-state index contributed by atoms with van der Waals surface area (Å²) in [7, 11) is 0. The molecule has 0 atom stereocenters. The van der Waals surface area contributed by atoms with Crippen LogP contribution in [0.1, 0.15) is 12.0 Å². The van der Waals surface area contributed by atoms with Crippen molar-refractivity contribution in [2.24, 2.45) is 0 Å². The third-order valence-electron chi connectivity index (χ3n) is 4.66. The SMILES string of the molecule is O=C(CCc1ccc2c(c1)OCO2)Nc1ccc(N2CCSCC2)c(Cl)c1. The Bertz CT molecular complexity index is 840. The lowest BCUT2D eigenvalue weighted by atomic mass is 10.1. The number of nitrogens with zero attached hydrogens (tertiary/aromatic N) is 1. The molecule has 2 aromatic carbocycles. The van der Waals surface area contributed by atoms with Crippen molar-refractivity contribution in [2.45, 2.75) is 12.8 Å². The van der Waals surface area contributed by atoms with Crippen LogP contribution in [0, 0.1) is 0 Å². The second-order valence-electron chi connectivity index (χ2n) is 6.50. The van der Waals surface area contributed by atoms with Crippen LogP contribution in [0.15, 0.2) is 36.4 Å². The van der Waals surface area contributed by atoms with Crippen molar-refractivity contribution in [1.29, 1.82) is 0 Å². The van der Waals surface area contributed by atoms with Crippen LogP contribution in [0.25, 0.3) is 0 Å². The molecule has 7 heteroatoms. The van der Waals surface area contributed by atoms with Crippen LogP contribution in [-0.4, -0.2) is 37.3 Å². The van der Waals surface area contributed by atoms with Gasteiger partial charge in [0.15, 0.2) is 11.5 Å². The van der Waals surface area contributed by atoms with Gasteiger partial charge in [0.2, 0.25) is 12.7 Å². The number of carbonyl (C=O) groups is 1. The first-order valence-corrected chi connectivity index (χ1v) is 10.5. The zero-order chi connectivity index (χ0) is 18.6. The summed E-state index contributed by atoms with van der Waals surface area (Å²) in [5.74, 6) is 3.70. The summed E-state index contributed by atoms with van der Waals surface area (Å²) in [6, 6.07) is 11.5. The van der Waals surface area contributed by atoms with E-state index in [9.17, 15) is 4.79 Å². The minimum absolute atomic E-state index is 0.0362. The zero-order valence-corrected chi connectivity index (χ0v) is 16.4. The number of hydrogen-bond donors (Lipinski definition) is 1. The second-order valence-corrected chi connectivity index (χ2v) is 8.13. The van der Waals surface area contributed by atoms with Gasteiger partial charge in [-0.25, -0.2) is 0 Å². The molecule has 4 rings (SSSR count). The Labute approximate surface area is 168 Å². The number of benzene rings is 2. The molecule has 2 heterocycles. The number of carbonyl (C=O) groups excluding carboxylic acids is 1. The first-order valence-electron chi connectivity index (χ1n) is 9.00. The second kappa shape index (κ2) is 8.31. The highest BCUT2D eigenvalue weighted by atomic mass is 35.5. The van der Waals surface area contributed by atoms with Gasteiger partial charge in [0, 0.05) is 36.7 Å². The molecule has 1 fully saturated rings. The largest absolute Gasteiger partial charge is 0.454 e. The normalized spacial score (nSPS) is 15.7. The summed E-state index contributed by atoms with van der Waals surface area (Å²) >= 11 is 8.41. The van der Waals surface area contributed by atoms with Crippen molar-refractivity contribution in [1.82, 2.24) is 0 Å². The molecular weight excluding hydrogens is 384 g/mol. The lowest BCUT2D eigenvalue weighted by Gasteiger charge is -2.29. The maximum atomic E-state index is 12.3. The van der Waals surface area contributed by atoms with E-state index in [-0.39, 0.29) is 12.7 Å². The van der Waals surface area contributed by atoms with Crippen LogP contribution in [0.4, 0.5) is 11.4 Å². The number of aryl methyl sites for hydroxylation is 1. The lowest BCUT2D eigenvalue weighted by molar-refractivity contribution is -0.116. The number of rotatable bonds is 5. The number of ether oxygens (including phenoxy) is 2. The molecule has 27 heavy (non-hydrogen) atoms.